The number of para-hydroxylation sites is 1. The molecule has 4 heteroatoms. The number of hydrogen-bond acceptors (Lipinski definition) is 3. The van der Waals surface area contributed by atoms with Gasteiger partial charge in [-0.2, -0.15) is 72.8 Å². The molecule has 0 saturated heterocycles. The Bertz CT molecular complexity index is 473. The fourth-order valence-corrected chi connectivity index (χ4v) is 1.11. The van der Waals surface area contributed by atoms with E-state index >= 15 is 0 Å². The predicted octanol–water partition coefficient (Wildman–Crippen LogP) is 4.63. The molecule has 3 aromatic carbocycles. The van der Waals surface area contributed by atoms with Crippen molar-refractivity contribution in [1.82, 2.24) is 0 Å². The molecule has 0 spiro atoms. The van der Waals surface area contributed by atoms with Gasteiger partial charge in [0.05, 0.1) is 0 Å². The molecule has 0 saturated carbocycles. The predicted molar refractivity (Wildman–Crippen MR) is 96.7 cm³/mol. The maximum atomic E-state index is 8.63. The maximum absolute atomic E-state index is 8.63. The topological polar surface area (TPSA) is 57.5 Å². The molecule has 0 amide bonds. The van der Waals surface area contributed by atoms with Crippen LogP contribution in [0.2, 0.25) is 0 Å². The van der Waals surface area contributed by atoms with E-state index in [0.717, 1.165) is 20.4 Å². The zero-order valence-electron chi connectivity index (χ0n) is 14.5. The van der Waals surface area contributed by atoms with Crippen LogP contribution in [-0.4, -0.2) is 16.3 Å². The molecule has 0 heterocycles. The molecule has 25 heavy (non-hydrogen) atoms. The first-order valence-electron chi connectivity index (χ1n) is 7.57. The van der Waals surface area contributed by atoms with Crippen molar-refractivity contribution >= 4 is 0 Å². The van der Waals surface area contributed by atoms with Gasteiger partial charge in [-0.1, -0.05) is 18.2 Å². The largest absolute Gasteiger partial charge is 0.184 e. The van der Waals surface area contributed by atoms with Gasteiger partial charge in [0.1, 0.15) is 5.75 Å². The third-order valence-electron chi connectivity index (χ3n) is 1.97. The van der Waals surface area contributed by atoms with E-state index in [0.29, 0.717) is 5.75 Å². The molecular formula is C21H24O3Ti. The monoisotopic (exact) mass is 372 g/mol. The van der Waals surface area contributed by atoms with Crippen LogP contribution in [0.15, 0.2) is 91.0 Å². The van der Waals surface area contributed by atoms with Gasteiger partial charge in [-0.15, -0.1) is 0 Å². The Hall–Kier alpha value is -2.07. The second kappa shape index (κ2) is 21.9. The van der Waals surface area contributed by atoms with Gasteiger partial charge in [-0.25, -0.2) is 0 Å². The summed E-state index contributed by atoms with van der Waals surface area (Å²) in [4.78, 5) is 0. The van der Waals surface area contributed by atoms with Gasteiger partial charge in [0, 0.05) is 6.10 Å². The fraction of sp³-hybridized carbons (Fsp3) is 0.143. The summed E-state index contributed by atoms with van der Waals surface area (Å²) >= 11 is 0.750. The molecule has 2 N–H and O–H groups in total. The Morgan fingerprint density at radius 3 is 1.12 bits per heavy atom. The van der Waals surface area contributed by atoms with Crippen molar-refractivity contribution in [3.63, 3.8) is 0 Å². The number of aromatic hydroxyl groups is 1. The second-order valence-electron chi connectivity index (χ2n) is 4.58. The molecule has 3 rings (SSSR count). The van der Waals surface area contributed by atoms with Gasteiger partial charge in [-0.05, 0) is 26.0 Å². The van der Waals surface area contributed by atoms with E-state index in [9.17, 15) is 0 Å². The van der Waals surface area contributed by atoms with Crippen molar-refractivity contribution in [2.45, 2.75) is 20.0 Å². The quantitative estimate of drug-likeness (QED) is 0.447. The minimum atomic E-state index is -0.167. The molecule has 0 radical (unpaired) electrons. The number of hydrogen-bond donors (Lipinski definition) is 2. The van der Waals surface area contributed by atoms with Crippen molar-refractivity contribution in [3.8, 4) is 5.75 Å². The SMILES string of the molecule is CC(C)O.Oc1ccccc1.[O]=[Ti+2].[c-]1ccccc1.[c-]1ccccc1. The molecule has 3 aromatic rings. The molecule has 0 aromatic heterocycles. The van der Waals surface area contributed by atoms with Crippen molar-refractivity contribution in [2.75, 3.05) is 0 Å². The van der Waals surface area contributed by atoms with Crippen LogP contribution in [-0.2, 0) is 23.7 Å². The molecular weight excluding hydrogens is 348 g/mol. The fourth-order valence-electron chi connectivity index (χ4n) is 1.11. The summed E-state index contributed by atoms with van der Waals surface area (Å²) < 4.78 is 8.25. The van der Waals surface area contributed by atoms with Crippen molar-refractivity contribution < 1.29 is 33.9 Å². The smallest absolute Gasteiger partial charge is 0.171 e. The molecule has 0 fully saturated rings. The number of rotatable bonds is 0. The van der Waals surface area contributed by atoms with E-state index in [4.69, 9.17) is 13.5 Å². The van der Waals surface area contributed by atoms with E-state index in [1.165, 1.54) is 0 Å². The van der Waals surface area contributed by atoms with E-state index in [2.05, 4.69) is 12.1 Å². The third kappa shape index (κ3) is 27.1. The van der Waals surface area contributed by atoms with Crippen LogP contribution in [0.1, 0.15) is 13.8 Å². The van der Waals surface area contributed by atoms with E-state index < -0.39 is 0 Å². The Labute approximate surface area is 162 Å². The molecule has 3 nitrogen and oxygen atoms in total. The van der Waals surface area contributed by atoms with Crippen molar-refractivity contribution in [1.29, 1.82) is 0 Å². The molecule has 0 aliphatic rings. The number of phenolic OH excluding ortho intramolecular Hbond substituents is 1. The molecule has 130 valence electrons. The summed E-state index contributed by atoms with van der Waals surface area (Å²) in [6, 6.07) is 33.7. The standard InChI is InChI=1S/C6H6O.2C6H5.C3H8O.O.Ti/c7-6-4-2-1-3-5-6;2*1-2-4-6-5-3-1;1-3(2)4;;/h1-5,7H;2*1-5H;3-4H,1-2H3;;/q;2*-1;;;+2. The van der Waals surface area contributed by atoms with Gasteiger partial charge >= 0.3 is 23.7 Å². The average Bonchev–Trinajstić information content (AvgIpc) is 2.67. The summed E-state index contributed by atoms with van der Waals surface area (Å²) in [6.07, 6.45) is -0.167. The van der Waals surface area contributed by atoms with Crippen LogP contribution >= 0.6 is 0 Å². The van der Waals surface area contributed by atoms with E-state index in [1.54, 1.807) is 38.1 Å². The maximum Gasteiger partial charge on any atom is -0.171 e. The first-order chi connectivity index (χ1) is 12.1. The van der Waals surface area contributed by atoms with Gasteiger partial charge in [0.25, 0.3) is 0 Å². The van der Waals surface area contributed by atoms with Crippen LogP contribution in [0.4, 0.5) is 0 Å². The summed E-state index contributed by atoms with van der Waals surface area (Å²) in [7, 11) is 0. The first-order valence-corrected chi connectivity index (χ1v) is 8.21. The summed E-state index contributed by atoms with van der Waals surface area (Å²) in [5, 5.41) is 16.7. The third-order valence-corrected chi connectivity index (χ3v) is 1.97. The molecule has 0 atom stereocenters. The van der Waals surface area contributed by atoms with E-state index in [-0.39, 0.29) is 6.10 Å². The molecule has 0 unspecified atom stereocenters. The van der Waals surface area contributed by atoms with Crippen LogP contribution in [0.5, 0.6) is 5.75 Å². The first kappa shape index (κ1) is 25.2. The number of phenols is 1. The zero-order chi connectivity index (χ0) is 19.2. The van der Waals surface area contributed by atoms with Gasteiger partial charge in [0.2, 0.25) is 0 Å². The van der Waals surface area contributed by atoms with Gasteiger partial charge < -0.3 is 10.2 Å². The van der Waals surface area contributed by atoms with Crippen LogP contribution in [0.3, 0.4) is 0 Å². The Kier molecular flexibility index (Phi) is 22.1. The Morgan fingerprint density at radius 2 is 1.00 bits per heavy atom. The summed E-state index contributed by atoms with van der Waals surface area (Å²) in [5.74, 6) is 0.322. The van der Waals surface area contributed by atoms with Crippen LogP contribution in [0.25, 0.3) is 0 Å². The minimum absolute atomic E-state index is 0.167. The van der Waals surface area contributed by atoms with Crippen molar-refractivity contribution in [3.05, 3.63) is 103 Å². The van der Waals surface area contributed by atoms with Crippen molar-refractivity contribution in [2.24, 2.45) is 0 Å². The molecule has 0 bridgehead atoms. The number of aliphatic hydroxyl groups is 1. The molecule has 0 aliphatic heterocycles. The van der Waals surface area contributed by atoms with Gasteiger partial charge in [0.15, 0.2) is 0 Å². The number of benzene rings is 3. The van der Waals surface area contributed by atoms with Crippen LogP contribution in [0, 0.1) is 12.1 Å². The minimum Gasteiger partial charge on any atom is -0.184 e. The Balaban J connectivity index is 0. The zero-order valence-corrected chi connectivity index (χ0v) is 16.1. The second-order valence-corrected chi connectivity index (χ2v) is 4.58. The average molecular weight is 372 g/mol. The number of aliphatic hydroxyl groups excluding tert-OH is 1. The van der Waals surface area contributed by atoms with Gasteiger partial charge in [-0.3, -0.25) is 0 Å². The Morgan fingerprint density at radius 1 is 0.720 bits per heavy atom. The molecule has 0 aliphatic carbocycles. The summed E-state index contributed by atoms with van der Waals surface area (Å²) in [5.41, 5.74) is 0. The van der Waals surface area contributed by atoms with Crippen LogP contribution < -0.4 is 0 Å². The van der Waals surface area contributed by atoms with E-state index in [1.807, 2.05) is 66.7 Å². The summed E-state index contributed by atoms with van der Waals surface area (Å²) in [6.45, 7) is 3.44. The normalized spacial score (nSPS) is 7.92.